The van der Waals surface area contributed by atoms with Gasteiger partial charge in [0, 0.05) is 28.6 Å². The van der Waals surface area contributed by atoms with Gasteiger partial charge < -0.3 is 19.0 Å². The number of para-hydroxylation sites is 2. The number of anilines is 1. The number of benzene rings is 2. The molecular formula is C28H24N2O6. The number of nitrogens with one attached hydrogen (secondary N) is 1. The molecule has 8 nitrogen and oxygen atoms in total. The minimum absolute atomic E-state index is 0.177. The highest BCUT2D eigenvalue weighted by atomic mass is 16.7. The van der Waals surface area contributed by atoms with Crippen molar-refractivity contribution in [1.82, 2.24) is 0 Å². The predicted molar refractivity (Wildman–Crippen MR) is 134 cm³/mol. The number of rotatable bonds is 4. The van der Waals surface area contributed by atoms with Crippen LogP contribution in [0.3, 0.4) is 0 Å². The van der Waals surface area contributed by atoms with Crippen molar-refractivity contribution in [2.24, 2.45) is 10.6 Å². The summed E-state index contributed by atoms with van der Waals surface area (Å²) < 4.78 is 11.2. The van der Waals surface area contributed by atoms with Crippen LogP contribution in [-0.4, -0.2) is 17.6 Å². The van der Waals surface area contributed by atoms with E-state index in [2.05, 4.69) is 10.5 Å². The summed E-state index contributed by atoms with van der Waals surface area (Å²) in [5.74, 6) is -0.524. The molecule has 0 bridgehead atoms. The van der Waals surface area contributed by atoms with Gasteiger partial charge in [0.2, 0.25) is 0 Å². The summed E-state index contributed by atoms with van der Waals surface area (Å²) in [6.07, 6.45) is 1.07. The summed E-state index contributed by atoms with van der Waals surface area (Å²) in [4.78, 5) is 43.2. The molecule has 0 fully saturated rings. The van der Waals surface area contributed by atoms with E-state index in [4.69, 9.17) is 13.7 Å². The molecule has 36 heavy (non-hydrogen) atoms. The molecular weight excluding hydrogens is 460 g/mol. The van der Waals surface area contributed by atoms with Crippen LogP contribution >= 0.6 is 0 Å². The molecule has 0 spiro atoms. The Kier molecular flexibility index (Phi) is 5.80. The molecule has 0 unspecified atom stereocenters. The van der Waals surface area contributed by atoms with Crippen molar-refractivity contribution in [2.75, 3.05) is 5.32 Å². The number of carbonyl (C=O) groups excluding carboxylic acids is 2. The van der Waals surface area contributed by atoms with E-state index in [1.807, 2.05) is 32.0 Å². The number of carbonyl (C=O) groups is 2. The summed E-state index contributed by atoms with van der Waals surface area (Å²) in [6.45, 7) is 5.84. The number of fused-ring (bicyclic) bond motifs is 2. The maximum Gasteiger partial charge on any atom is 0.373 e. The molecule has 2 aromatic carbocycles. The van der Waals surface area contributed by atoms with E-state index in [0.717, 1.165) is 0 Å². The second-order valence-electron chi connectivity index (χ2n) is 9.59. The smallest absolute Gasteiger partial charge is 0.373 e. The number of hydrogen-bond donors (Lipinski definition) is 1. The van der Waals surface area contributed by atoms with Gasteiger partial charge in [0.15, 0.2) is 5.76 Å². The first-order valence-corrected chi connectivity index (χ1v) is 11.5. The summed E-state index contributed by atoms with van der Waals surface area (Å²) in [5, 5.41) is 7.56. The summed E-state index contributed by atoms with van der Waals surface area (Å²) in [5.41, 5.74) is 1.44. The SMILES string of the molecule is Cc1c(C(=O)Nc2ccccc2)oc2c1/C(=N\OC(=O)c1cc3ccccc3oc1=O)CC(C)(C)C2. The molecule has 8 heteroatoms. The maximum absolute atomic E-state index is 12.9. The van der Waals surface area contributed by atoms with Crippen molar-refractivity contribution >= 4 is 34.2 Å². The topological polar surface area (TPSA) is 111 Å². The van der Waals surface area contributed by atoms with Crippen LogP contribution in [0.1, 0.15) is 58.1 Å². The maximum atomic E-state index is 12.9. The summed E-state index contributed by atoms with van der Waals surface area (Å²) in [7, 11) is 0. The highest BCUT2D eigenvalue weighted by molar-refractivity contribution is 6.09. The van der Waals surface area contributed by atoms with Gasteiger partial charge in [-0.3, -0.25) is 4.79 Å². The second kappa shape index (κ2) is 8.96. The first kappa shape index (κ1) is 23.3. The summed E-state index contributed by atoms with van der Waals surface area (Å²) >= 11 is 0. The van der Waals surface area contributed by atoms with E-state index in [0.29, 0.717) is 52.1 Å². The van der Waals surface area contributed by atoms with E-state index in [1.165, 1.54) is 6.07 Å². The lowest BCUT2D eigenvalue weighted by atomic mass is 9.75. The van der Waals surface area contributed by atoms with Crippen molar-refractivity contribution < 1.29 is 23.3 Å². The molecule has 0 aliphatic heterocycles. The standard InChI is InChI=1S/C28H24N2O6/c1-16-23-20(30-36-27(33)19-13-17-9-7-8-12-21(17)35-26(19)32)14-28(2,3)15-22(23)34-24(16)25(31)29-18-10-5-4-6-11-18/h4-13H,14-15H2,1-3H3,(H,29,31)/b30-20-. The van der Waals surface area contributed by atoms with E-state index in [-0.39, 0.29) is 22.6 Å². The van der Waals surface area contributed by atoms with Crippen LogP contribution in [0.5, 0.6) is 0 Å². The summed E-state index contributed by atoms with van der Waals surface area (Å²) in [6, 6.07) is 17.4. The van der Waals surface area contributed by atoms with Crippen LogP contribution in [0.2, 0.25) is 0 Å². The Labute approximate surface area is 206 Å². The van der Waals surface area contributed by atoms with Crippen molar-refractivity contribution in [3.8, 4) is 0 Å². The van der Waals surface area contributed by atoms with Gasteiger partial charge in [-0.2, -0.15) is 0 Å². The zero-order chi connectivity index (χ0) is 25.4. The Bertz CT molecular complexity index is 1580. The van der Waals surface area contributed by atoms with E-state index >= 15 is 0 Å². The van der Waals surface area contributed by atoms with Gasteiger partial charge in [-0.25, -0.2) is 9.59 Å². The Hall–Kier alpha value is -4.46. The second-order valence-corrected chi connectivity index (χ2v) is 9.59. The number of amides is 1. The van der Waals surface area contributed by atoms with Gasteiger partial charge in [-0.15, -0.1) is 0 Å². The van der Waals surface area contributed by atoms with Crippen LogP contribution in [0.4, 0.5) is 5.69 Å². The first-order valence-electron chi connectivity index (χ1n) is 11.5. The highest BCUT2D eigenvalue weighted by Crippen LogP contribution is 2.39. The molecule has 5 rings (SSSR count). The number of hydrogen-bond acceptors (Lipinski definition) is 7. The van der Waals surface area contributed by atoms with Gasteiger partial charge in [0.1, 0.15) is 16.9 Å². The van der Waals surface area contributed by atoms with Crippen molar-refractivity contribution in [3.63, 3.8) is 0 Å². The van der Waals surface area contributed by atoms with Gasteiger partial charge in [-0.05, 0) is 43.0 Å². The molecule has 182 valence electrons. The molecule has 0 saturated carbocycles. The Balaban J connectivity index is 1.46. The van der Waals surface area contributed by atoms with E-state index in [1.54, 1.807) is 43.3 Å². The van der Waals surface area contributed by atoms with Crippen LogP contribution in [0, 0.1) is 12.3 Å². The van der Waals surface area contributed by atoms with Crippen LogP contribution in [-0.2, 0) is 11.3 Å². The van der Waals surface area contributed by atoms with Gasteiger partial charge in [-0.1, -0.05) is 55.4 Å². The largest absolute Gasteiger partial charge is 0.455 e. The average molecular weight is 485 g/mol. The molecule has 0 saturated heterocycles. The van der Waals surface area contributed by atoms with Crippen molar-refractivity contribution in [3.05, 3.63) is 99.3 Å². The van der Waals surface area contributed by atoms with Crippen LogP contribution < -0.4 is 10.9 Å². The first-order chi connectivity index (χ1) is 17.2. The van der Waals surface area contributed by atoms with Gasteiger partial charge in [0.05, 0.1) is 5.71 Å². The zero-order valence-corrected chi connectivity index (χ0v) is 20.1. The monoisotopic (exact) mass is 484 g/mol. The molecule has 1 N–H and O–H groups in total. The highest BCUT2D eigenvalue weighted by Gasteiger charge is 2.36. The Morgan fingerprint density at radius 3 is 2.50 bits per heavy atom. The minimum atomic E-state index is -0.921. The quantitative estimate of drug-likeness (QED) is 0.233. The third-order valence-corrected chi connectivity index (χ3v) is 6.13. The van der Waals surface area contributed by atoms with Crippen LogP contribution in [0.25, 0.3) is 11.0 Å². The third-order valence-electron chi connectivity index (χ3n) is 6.13. The Morgan fingerprint density at radius 2 is 1.72 bits per heavy atom. The van der Waals surface area contributed by atoms with E-state index in [9.17, 15) is 14.4 Å². The van der Waals surface area contributed by atoms with Crippen molar-refractivity contribution in [2.45, 2.75) is 33.6 Å². The third kappa shape index (κ3) is 4.45. The lowest BCUT2D eigenvalue weighted by Crippen LogP contribution is -2.27. The lowest BCUT2D eigenvalue weighted by Gasteiger charge is -2.29. The molecule has 2 heterocycles. The van der Waals surface area contributed by atoms with Crippen molar-refractivity contribution in [1.29, 1.82) is 0 Å². The molecule has 0 radical (unpaired) electrons. The fraction of sp³-hybridized carbons (Fsp3) is 0.214. The van der Waals surface area contributed by atoms with Crippen LogP contribution in [0.15, 0.2) is 79.4 Å². The lowest BCUT2D eigenvalue weighted by molar-refractivity contribution is 0.0509. The number of nitrogens with zero attached hydrogens (tertiary/aromatic N) is 1. The molecule has 1 aliphatic rings. The fourth-order valence-corrected chi connectivity index (χ4v) is 4.47. The molecule has 1 amide bonds. The number of oxime groups is 1. The average Bonchev–Trinajstić information content (AvgIpc) is 3.17. The molecule has 4 aromatic rings. The van der Waals surface area contributed by atoms with Gasteiger partial charge >= 0.3 is 11.6 Å². The Morgan fingerprint density at radius 1 is 1.00 bits per heavy atom. The molecule has 1 aliphatic carbocycles. The molecule has 0 atom stereocenters. The number of furan rings is 1. The van der Waals surface area contributed by atoms with Gasteiger partial charge in [0.25, 0.3) is 5.91 Å². The van der Waals surface area contributed by atoms with E-state index < -0.39 is 11.6 Å². The predicted octanol–water partition coefficient (Wildman–Crippen LogP) is 5.48. The minimum Gasteiger partial charge on any atom is -0.455 e. The molecule has 2 aromatic heterocycles. The normalized spacial score (nSPS) is 15.5. The zero-order valence-electron chi connectivity index (χ0n) is 20.1. The fourth-order valence-electron chi connectivity index (χ4n) is 4.47.